The molecule has 3 rings (SSSR count). The van der Waals surface area contributed by atoms with Crippen LogP contribution in [0.2, 0.25) is 0 Å². The van der Waals surface area contributed by atoms with E-state index in [1.54, 1.807) is 12.1 Å². The molecule has 124 valence electrons. The lowest BCUT2D eigenvalue weighted by molar-refractivity contribution is -0.122. The van der Waals surface area contributed by atoms with Crippen molar-refractivity contribution in [2.24, 2.45) is 0 Å². The van der Waals surface area contributed by atoms with Gasteiger partial charge in [0.1, 0.15) is 6.04 Å². The second-order valence-electron chi connectivity index (χ2n) is 6.68. The molecule has 5 nitrogen and oxygen atoms in total. The first-order valence-corrected chi connectivity index (χ1v) is 8.59. The molecule has 2 fully saturated rings. The number of nitrogens with one attached hydrogen (secondary N) is 3. The smallest absolute Gasteiger partial charge is 0.251 e. The summed E-state index contributed by atoms with van der Waals surface area (Å²) in [7, 11) is 0. The molecule has 0 bridgehead atoms. The minimum Gasteiger partial charge on any atom is -0.374 e. The predicted molar refractivity (Wildman–Crippen MR) is 90.4 cm³/mol. The fourth-order valence-electron chi connectivity index (χ4n) is 2.96. The van der Waals surface area contributed by atoms with Crippen molar-refractivity contribution in [2.45, 2.75) is 63.6 Å². The zero-order valence-electron chi connectivity index (χ0n) is 13.6. The Hall–Kier alpha value is -2.04. The van der Waals surface area contributed by atoms with Crippen molar-refractivity contribution in [2.75, 3.05) is 5.32 Å². The van der Waals surface area contributed by atoms with Crippen LogP contribution in [-0.2, 0) is 4.79 Å². The number of rotatable bonds is 6. The molecule has 0 heterocycles. The van der Waals surface area contributed by atoms with Crippen molar-refractivity contribution in [3.63, 3.8) is 0 Å². The Morgan fingerprint density at radius 3 is 2.43 bits per heavy atom. The van der Waals surface area contributed by atoms with E-state index in [9.17, 15) is 9.59 Å². The highest BCUT2D eigenvalue weighted by molar-refractivity contribution is 5.95. The number of carbonyl (C=O) groups excluding carboxylic acids is 2. The van der Waals surface area contributed by atoms with Gasteiger partial charge >= 0.3 is 0 Å². The summed E-state index contributed by atoms with van der Waals surface area (Å²) in [6.07, 6.45) is 6.70. The summed E-state index contributed by atoms with van der Waals surface area (Å²) in [5.41, 5.74) is 1.42. The molecule has 1 atom stereocenters. The molecule has 0 saturated heterocycles. The topological polar surface area (TPSA) is 70.2 Å². The lowest BCUT2D eigenvalue weighted by Gasteiger charge is -2.19. The molecular formula is C18H25N3O2. The predicted octanol–water partition coefficient (Wildman–Crippen LogP) is 2.44. The number of carbonyl (C=O) groups is 2. The molecule has 1 aromatic carbocycles. The van der Waals surface area contributed by atoms with Crippen LogP contribution >= 0.6 is 0 Å². The van der Waals surface area contributed by atoms with Crippen LogP contribution in [0.4, 0.5) is 5.69 Å². The molecular weight excluding hydrogens is 290 g/mol. The van der Waals surface area contributed by atoms with Gasteiger partial charge in [0.05, 0.1) is 0 Å². The van der Waals surface area contributed by atoms with Crippen LogP contribution in [0.3, 0.4) is 0 Å². The summed E-state index contributed by atoms with van der Waals surface area (Å²) in [5.74, 6) is -0.0241. The molecule has 0 aliphatic heterocycles. The second-order valence-corrected chi connectivity index (χ2v) is 6.68. The molecule has 2 aliphatic rings. The Balaban J connectivity index is 1.55. The van der Waals surface area contributed by atoms with Gasteiger partial charge in [-0.25, -0.2) is 0 Å². The first kappa shape index (κ1) is 15.8. The van der Waals surface area contributed by atoms with Crippen LogP contribution in [0, 0.1) is 0 Å². The normalized spacial score (nSPS) is 19.2. The molecule has 5 heteroatoms. The van der Waals surface area contributed by atoms with E-state index >= 15 is 0 Å². The summed E-state index contributed by atoms with van der Waals surface area (Å²) in [6, 6.07) is 7.66. The van der Waals surface area contributed by atoms with Gasteiger partial charge in [-0.05, 0) is 50.8 Å². The number of amides is 2. The summed E-state index contributed by atoms with van der Waals surface area (Å²) in [4.78, 5) is 24.3. The Morgan fingerprint density at radius 1 is 1.04 bits per heavy atom. The number of benzene rings is 1. The molecule has 2 saturated carbocycles. The fourth-order valence-corrected chi connectivity index (χ4v) is 2.96. The summed E-state index contributed by atoms with van der Waals surface area (Å²) in [6.45, 7) is 1.85. The van der Waals surface area contributed by atoms with E-state index in [1.807, 2.05) is 19.1 Å². The van der Waals surface area contributed by atoms with E-state index in [-0.39, 0.29) is 17.9 Å². The molecule has 2 aliphatic carbocycles. The Morgan fingerprint density at radius 2 is 1.74 bits per heavy atom. The Kier molecular flexibility index (Phi) is 4.84. The Bertz CT molecular complexity index is 577. The van der Waals surface area contributed by atoms with E-state index in [1.165, 1.54) is 12.8 Å². The van der Waals surface area contributed by atoms with Gasteiger partial charge in [-0.2, -0.15) is 0 Å². The van der Waals surface area contributed by atoms with E-state index in [2.05, 4.69) is 16.0 Å². The maximum atomic E-state index is 12.2. The minimum absolute atomic E-state index is 0.0183. The highest BCUT2D eigenvalue weighted by Crippen LogP contribution is 2.20. The maximum Gasteiger partial charge on any atom is 0.251 e. The van der Waals surface area contributed by atoms with E-state index < -0.39 is 0 Å². The van der Waals surface area contributed by atoms with Crippen molar-refractivity contribution < 1.29 is 9.59 Å². The van der Waals surface area contributed by atoms with Crippen LogP contribution in [0.1, 0.15) is 55.8 Å². The van der Waals surface area contributed by atoms with Gasteiger partial charge < -0.3 is 16.0 Å². The molecule has 23 heavy (non-hydrogen) atoms. The molecule has 2 amide bonds. The summed E-state index contributed by atoms with van der Waals surface area (Å²) < 4.78 is 0. The number of hydrogen-bond donors (Lipinski definition) is 3. The lowest BCUT2D eigenvalue weighted by Crippen LogP contribution is -2.42. The van der Waals surface area contributed by atoms with Crippen LogP contribution < -0.4 is 16.0 Å². The summed E-state index contributed by atoms with van der Waals surface area (Å²) >= 11 is 0. The lowest BCUT2D eigenvalue weighted by atomic mass is 10.1. The number of hydrogen-bond acceptors (Lipinski definition) is 3. The van der Waals surface area contributed by atoms with Gasteiger partial charge in [0.25, 0.3) is 5.91 Å². The first-order chi connectivity index (χ1) is 11.1. The van der Waals surface area contributed by atoms with E-state index in [0.29, 0.717) is 17.6 Å². The molecule has 0 aromatic heterocycles. The van der Waals surface area contributed by atoms with Crippen molar-refractivity contribution in [1.29, 1.82) is 0 Å². The van der Waals surface area contributed by atoms with Gasteiger partial charge in [0.15, 0.2) is 0 Å². The van der Waals surface area contributed by atoms with Gasteiger partial charge in [-0.1, -0.05) is 18.9 Å². The monoisotopic (exact) mass is 315 g/mol. The van der Waals surface area contributed by atoms with Crippen molar-refractivity contribution >= 4 is 17.5 Å². The summed E-state index contributed by atoms with van der Waals surface area (Å²) in [5, 5.41) is 9.25. The molecule has 0 radical (unpaired) electrons. The maximum absolute atomic E-state index is 12.2. The second kappa shape index (κ2) is 7.02. The van der Waals surface area contributed by atoms with Crippen molar-refractivity contribution in [3.8, 4) is 0 Å². The first-order valence-electron chi connectivity index (χ1n) is 8.59. The fraction of sp³-hybridized carbons (Fsp3) is 0.556. The Labute approximate surface area is 137 Å². The zero-order chi connectivity index (χ0) is 16.2. The zero-order valence-corrected chi connectivity index (χ0v) is 13.6. The highest BCUT2D eigenvalue weighted by atomic mass is 16.2. The van der Waals surface area contributed by atoms with E-state index in [0.717, 1.165) is 31.4 Å². The van der Waals surface area contributed by atoms with Crippen molar-refractivity contribution in [1.82, 2.24) is 10.6 Å². The van der Waals surface area contributed by atoms with Crippen molar-refractivity contribution in [3.05, 3.63) is 29.8 Å². The third kappa shape index (κ3) is 4.47. The average molecular weight is 315 g/mol. The molecule has 0 spiro atoms. The third-order valence-electron chi connectivity index (χ3n) is 4.52. The van der Waals surface area contributed by atoms with Crippen LogP contribution in [0.25, 0.3) is 0 Å². The van der Waals surface area contributed by atoms with Crippen LogP contribution in [0.15, 0.2) is 24.3 Å². The average Bonchev–Trinajstić information content (AvgIpc) is 3.20. The standard InChI is InChI=1S/C18H25N3O2/c1-12(17(22)20-14-6-2-3-7-14)19-16-8-4-5-13(11-16)18(23)21-15-9-10-15/h4-5,8,11-12,14-15,19H,2-3,6-7,9-10H2,1H3,(H,20,22)(H,21,23). The van der Waals surface area contributed by atoms with Crippen LogP contribution in [0.5, 0.6) is 0 Å². The highest BCUT2D eigenvalue weighted by Gasteiger charge is 2.24. The third-order valence-corrected chi connectivity index (χ3v) is 4.52. The van der Waals surface area contributed by atoms with Gasteiger partial charge in [-0.3, -0.25) is 9.59 Å². The van der Waals surface area contributed by atoms with E-state index in [4.69, 9.17) is 0 Å². The van der Waals surface area contributed by atoms with Gasteiger partial charge in [-0.15, -0.1) is 0 Å². The SMILES string of the molecule is CC(Nc1cccc(C(=O)NC2CC2)c1)C(=O)NC1CCCC1. The van der Waals surface area contributed by atoms with Crippen LogP contribution in [-0.4, -0.2) is 29.9 Å². The van der Waals surface area contributed by atoms with Gasteiger partial charge in [0, 0.05) is 23.3 Å². The largest absolute Gasteiger partial charge is 0.374 e. The number of anilines is 1. The van der Waals surface area contributed by atoms with Gasteiger partial charge in [0.2, 0.25) is 5.91 Å². The quantitative estimate of drug-likeness (QED) is 0.755. The molecule has 1 aromatic rings. The molecule has 3 N–H and O–H groups in total. The molecule has 1 unspecified atom stereocenters. The minimum atomic E-state index is -0.322.